The smallest absolute Gasteiger partial charge is 0.365 e. The first-order chi connectivity index (χ1) is 19.7. The summed E-state index contributed by atoms with van der Waals surface area (Å²) in [6, 6.07) is 29.0. The molecule has 0 N–H and O–H groups in total. The van der Waals surface area contributed by atoms with Crippen LogP contribution < -0.4 is 4.90 Å². The first kappa shape index (κ1) is 24.3. The van der Waals surface area contributed by atoms with Crippen LogP contribution in [0.2, 0.25) is 0 Å². The Morgan fingerprint density at radius 1 is 0.700 bits per heavy atom. The van der Waals surface area contributed by atoms with Gasteiger partial charge in [-0.15, -0.1) is 0 Å². The number of nitrogens with zero attached hydrogens (tertiary/aromatic N) is 3. The summed E-state index contributed by atoms with van der Waals surface area (Å²) in [6.45, 7) is 2.87. The van der Waals surface area contributed by atoms with Crippen molar-refractivity contribution < 1.29 is 14.4 Å². The Balaban J connectivity index is 1.20. The summed E-state index contributed by atoms with van der Waals surface area (Å²) in [4.78, 5) is 33.7. The van der Waals surface area contributed by atoms with E-state index in [-0.39, 0.29) is 5.78 Å². The summed E-state index contributed by atoms with van der Waals surface area (Å²) in [5, 5.41) is 6.37. The Hall–Kier alpha value is -4.71. The number of hydrogen-bond donors (Lipinski definition) is 0. The van der Waals surface area contributed by atoms with E-state index in [1.54, 1.807) is 24.3 Å². The predicted molar refractivity (Wildman–Crippen MR) is 158 cm³/mol. The maximum Gasteiger partial charge on any atom is 0.365 e. The van der Waals surface area contributed by atoms with Crippen molar-refractivity contribution in [2.75, 3.05) is 18.0 Å². The Morgan fingerprint density at radius 2 is 1.48 bits per heavy atom. The van der Waals surface area contributed by atoms with Crippen molar-refractivity contribution in [3.05, 3.63) is 113 Å². The number of aryl methyl sites for hydroxylation is 1. The normalized spacial score (nSPS) is 16.0. The van der Waals surface area contributed by atoms with Crippen LogP contribution in [-0.2, 0) is 11.4 Å². The molecule has 6 heteroatoms. The van der Waals surface area contributed by atoms with Crippen molar-refractivity contribution in [2.45, 2.75) is 32.2 Å². The summed E-state index contributed by atoms with van der Waals surface area (Å²) in [5.74, 6) is -0.451. The third-order valence-corrected chi connectivity index (χ3v) is 8.13. The average molecular weight is 528 g/mol. The molecule has 7 rings (SSSR count). The topological polar surface area (TPSA) is 63.9 Å². The van der Waals surface area contributed by atoms with E-state index in [9.17, 15) is 9.59 Å². The molecule has 1 saturated heterocycles. The Bertz CT molecular complexity index is 1780. The van der Waals surface area contributed by atoms with Crippen LogP contribution in [0.1, 0.15) is 57.5 Å². The molecule has 0 atom stereocenters. The summed E-state index contributed by atoms with van der Waals surface area (Å²) in [5.41, 5.74) is 6.85. The molecule has 1 aromatic heterocycles. The second kappa shape index (κ2) is 10.1. The van der Waals surface area contributed by atoms with Crippen LogP contribution in [-0.4, -0.2) is 35.1 Å². The third-order valence-electron chi connectivity index (χ3n) is 8.13. The molecule has 0 amide bonds. The van der Waals surface area contributed by atoms with Gasteiger partial charge in [-0.1, -0.05) is 41.6 Å². The van der Waals surface area contributed by atoms with Crippen molar-refractivity contribution >= 4 is 45.0 Å². The zero-order chi connectivity index (χ0) is 27.1. The lowest BCUT2D eigenvalue weighted by Gasteiger charge is -2.28. The number of benzene rings is 4. The molecule has 6 nitrogen and oxygen atoms in total. The number of rotatable bonds is 5. The minimum Gasteiger partial charge on any atom is -0.372 e. The van der Waals surface area contributed by atoms with Gasteiger partial charge >= 0.3 is 5.97 Å². The summed E-state index contributed by atoms with van der Waals surface area (Å²) in [7, 11) is 0. The molecule has 40 heavy (non-hydrogen) atoms. The van der Waals surface area contributed by atoms with Crippen LogP contribution in [0.5, 0.6) is 0 Å². The number of para-hydroxylation sites is 1. The average Bonchev–Trinajstić information content (AvgIpc) is 3.35. The molecule has 0 unspecified atom stereocenters. The van der Waals surface area contributed by atoms with Gasteiger partial charge in [0.2, 0.25) is 0 Å². The minimum absolute atomic E-state index is 0.0223. The van der Waals surface area contributed by atoms with Crippen molar-refractivity contribution in [2.24, 2.45) is 5.16 Å². The molecule has 2 aliphatic heterocycles. The van der Waals surface area contributed by atoms with Gasteiger partial charge in [-0.3, -0.25) is 4.79 Å². The first-order valence-corrected chi connectivity index (χ1v) is 14.0. The van der Waals surface area contributed by atoms with Gasteiger partial charge in [0, 0.05) is 64.7 Å². The van der Waals surface area contributed by atoms with Crippen LogP contribution in [0.25, 0.3) is 21.8 Å². The van der Waals surface area contributed by atoms with Crippen LogP contribution in [0.15, 0.2) is 96.2 Å². The quantitative estimate of drug-likeness (QED) is 0.141. The molecule has 5 aromatic rings. The first-order valence-electron chi connectivity index (χ1n) is 14.0. The second-order valence-corrected chi connectivity index (χ2v) is 10.5. The highest BCUT2D eigenvalue weighted by Crippen LogP contribution is 2.36. The Morgan fingerprint density at radius 3 is 2.27 bits per heavy atom. The fourth-order valence-electron chi connectivity index (χ4n) is 6.08. The molecule has 0 radical (unpaired) electrons. The number of carbonyl (C=O) groups excluding carboxylic acids is 2. The van der Waals surface area contributed by atoms with Gasteiger partial charge in [-0.25, -0.2) is 4.79 Å². The number of oxime groups is 1. The van der Waals surface area contributed by atoms with Gasteiger partial charge < -0.3 is 14.3 Å². The Kier molecular flexibility index (Phi) is 6.16. The molecule has 0 aliphatic carbocycles. The zero-order valence-electron chi connectivity index (χ0n) is 22.2. The fourth-order valence-corrected chi connectivity index (χ4v) is 6.08. The Labute approximate surface area is 232 Å². The number of piperidine rings is 1. The molecule has 0 saturated carbocycles. The van der Waals surface area contributed by atoms with E-state index >= 15 is 0 Å². The van der Waals surface area contributed by atoms with E-state index < -0.39 is 5.97 Å². The second-order valence-electron chi connectivity index (χ2n) is 10.5. The van der Waals surface area contributed by atoms with Gasteiger partial charge in [0.05, 0.1) is 16.8 Å². The summed E-state index contributed by atoms with van der Waals surface area (Å²) >= 11 is 0. The number of aromatic nitrogens is 1. The van der Waals surface area contributed by atoms with Gasteiger partial charge in [0.25, 0.3) is 0 Å². The van der Waals surface area contributed by atoms with Gasteiger partial charge in [-0.05, 0) is 73.9 Å². The molecule has 0 bridgehead atoms. The fraction of sp³-hybridized carbons (Fsp3) is 0.206. The third kappa shape index (κ3) is 4.26. The summed E-state index contributed by atoms with van der Waals surface area (Å²) in [6.07, 6.45) is 4.38. The van der Waals surface area contributed by atoms with Crippen LogP contribution >= 0.6 is 0 Å². The van der Waals surface area contributed by atoms with E-state index in [1.165, 1.54) is 24.9 Å². The lowest BCUT2D eigenvalue weighted by molar-refractivity contribution is 0.0515. The molecule has 1 fully saturated rings. The molecule has 0 spiro atoms. The minimum atomic E-state index is -0.474. The van der Waals surface area contributed by atoms with Gasteiger partial charge in [0.15, 0.2) is 5.78 Å². The molecular formula is C34H29N3O3. The van der Waals surface area contributed by atoms with E-state index in [1.807, 2.05) is 48.5 Å². The van der Waals surface area contributed by atoms with E-state index in [4.69, 9.17) is 4.84 Å². The lowest BCUT2D eigenvalue weighted by atomic mass is 9.99. The maximum absolute atomic E-state index is 13.5. The maximum atomic E-state index is 13.5. The number of fused-ring (bicyclic) bond motifs is 3. The largest absolute Gasteiger partial charge is 0.372 e. The standard InChI is InChI=1S/C34H29N3O3/c38-33(23-12-15-26(16-13-23)36-19-5-2-6-20-36)25-14-17-31-29(22-25)27-10-7-11-28-30(18-21-37(31)32(27)28)35-40-34(39)24-8-3-1-4-9-24/h1,3-4,7-17,22H,2,5-6,18-21H2/b35-30+. The zero-order valence-corrected chi connectivity index (χ0v) is 22.2. The van der Waals surface area contributed by atoms with Crippen molar-refractivity contribution in [1.82, 2.24) is 4.57 Å². The molecular weight excluding hydrogens is 498 g/mol. The van der Waals surface area contributed by atoms with Gasteiger partial charge in [-0.2, -0.15) is 0 Å². The molecule has 3 heterocycles. The number of ketones is 1. The van der Waals surface area contributed by atoms with Crippen LogP contribution in [0, 0.1) is 0 Å². The molecule has 2 aliphatic rings. The number of hydrogen-bond acceptors (Lipinski definition) is 5. The van der Waals surface area contributed by atoms with E-state index in [0.29, 0.717) is 29.7 Å². The lowest BCUT2D eigenvalue weighted by Crippen LogP contribution is -2.29. The van der Waals surface area contributed by atoms with E-state index in [0.717, 1.165) is 46.2 Å². The SMILES string of the molecule is O=C(O/N=C1\CCn2c3ccc(C(=O)c4ccc(N5CCCCC5)cc4)cc3c3cccc1c32)c1ccccc1. The highest BCUT2D eigenvalue weighted by atomic mass is 16.7. The van der Waals surface area contributed by atoms with Crippen molar-refractivity contribution in [3.8, 4) is 0 Å². The van der Waals surface area contributed by atoms with Crippen LogP contribution in [0.4, 0.5) is 5.69 Å². The monoisotopic (exact) mass is 527 g/mol. The van der Waals surface area contributed by atoms with Crippen molar-refractivity contribution in [1.29, 1.82) is 0 Å². The summed E-state index contributed by atoms with van der Waals surface area (Å²) < 4.78 is 2.28. The van der Waals surface area contributed by atoms with Crippen LogP contribution in [0.3, 0.4) is 0 Å². The van der Waals surface area contributed by atoms with Crippen molar-refractivity contribution in [3.63, 3.8) is 0 Å². The molecule has 4 aromatic carbocycles. The molecule has 198 valence electrons. The van der Waals surface area contributed by atoms with E-state index in [2.05, 4.69) is 32.8 Å². The van der Waals surface area contributed by atoms with Gasteiger partial charge in [0.1, 0.15) is 0 Å². The predicted octanol–water partition coefficient (Wildman–Crippen LogP) is 6.98. The highest BCUT2D eigenvalue weighted by molar-refractivity contribution is 6.20. The number of carbonyl (C=O) groups is 2. The number of anilines is 1. The highest BCUT2D eigenvalue weighted by Gasteiger charge is 2.23.